The minimum absolute atomic E-state index is 0.847. The Hall–Kier alpha value is -5.54. The van der Waals surface area contributed by atoms with Crippen molar-refractivity contribution in [3.05, 3.63) is 168 Å². The van der Waals surface area contributed by atoms with Gasteiger partial charge >= 0.3 is 0 Å². The van der Waals surface area contributed by atoms with E-state index in [4.69, 9.17) is 4.74 Å². The Kier molecular flexibility index (Phi) is 8.56. The van der Waals surface area contributed by atoms with Gasteiger partial charge in [-0.05, 0) is 97.1 Å². The zero-order valence-electron chi connectivity index (χ0n) is 25.4. The second-order valence-electron chi connectivity index (χ2n) is 10.9. The van der Waals surface area contributed by atoms with Gasteiger partial charge in [-0.25, -0.2) is 0 Å². The van der Waals surface area contributed by atoms with E-state index in [0.717, 1.165) is 39.7 Å². The molecule has 0 spiro atoms. The highest BCUT2D eigenvalue weighted by Crippen LogP contribution is 2.40. The molecular formula is C41H36N2O. The number of methoxy groups -OCH3 is 1. The quantitative estimate of drug-likeness (QED) is 0.174. The number of allylic oxidation sites excluding steroid dienone is 2. The number of benzene rings is 6. The normalized spacial score (nSPS) is 11.3. The lowest BCUT2D eigenvalue weighted by Crippen LogP contribution is -2.10. The van der Waals surface area contributed by atoms with Gasteiger partial charge in [0, 0.05) is 28.1 Å². The summed E-state index contributed by atoms with van der Waals surface area (Å²) in [6.45, 7) is 4.25. The third kappa shape index (κ3) is 6.58. The van der Waals surface area contributed by atoms with E-state index >= 15 is 0 Å². The van der Waals surface area contributed by atoms with Gasteiger partial charge in [-0.2, -0.15) is 0 Å². The Morgan fingerprint density at radius 3 is 1.68 bits per heavy atom. The van der Waals surface area contributed by atoms with Crippen LogP contribution >= 0.6 is 0 Å². The van der Waals surface area contributed by atoms with Gasteiger partial charge in [-0.1, -0.05) is 102 Å². The van der Waals surface area contributed by atoms with Crippen LogP contribution in [-0.4, -0.2) is 7.11 Å². The highest BCUT2D eigenvalue weighted by atomic mass is 16.5. The van der Waals surface area contributed by atoms with Crippen molar-refractivity contribution in [2.24, 2.45) is 0 Å². The molecule has 0 aromatic heterocycles. The topological polar surface area (TPSA) is 24.5 Å². The first-order valence-corrected chi connectivity index (χ1v) is 14.9. The maximum absolute atomic E-state index is 5.24. The molecule has 44 heavy (non-hydrogen) atoms. The Balaban J connectivity index is 1.24. The van der Waals surface area contributed by atoms with Crippen molar-refractivity contribution in [1.82, 2.24) is 0 Å². The fraction of sp³-hybridized carbons (Fsp3) is 0.0732. The molecule has 216 valence electrons. The summed E-state index contributed by atoms with van der Waals surface area (Å²) >= 11 is 0. The fourth-order valence-electron chi connectivity index (χ4n) is 5.31. The molecule has 0 saturated heterocycles. The molecule has 1 N–H and O–H groups in total. The molecule has 3 nitrogen and oxygen atoms in total. The molecule has 0 saturated carbocycles. The van der Waals surface area contributed by atoms with Crippen LogP contribution in [-0.2, 0) is 0 Å². The molecule has 0 aliphatic carbocycles. The Morgan fingerprint density at radius 2 is 1.09 bits per heavy atom. The minimum atomic E-state index is 0.847. The number of anilines is 5. The number of aryl methyl sites for hydroxylation is 2. The summed E-state index contributed by atoms with van der Waals surface area (Å²) in [5.41, 5.74) is 10.3. The van der Waals surface area contributed by atoms with Gasteiger partial charge < -0.3 is 15.0 Å². The number of rotatable bonds is 9. The smallest absolute Gasteiger partial charge is 0.119 e. The standard InChI is InChI=1S/C41H36N2O/c1-30-12-23-36(24-13-30)43(37-25-14-31(2)15-26-37)41-29-18-33(39-10-6-7-11-40(39)41)9-5-4-8-32-16-19-34(20-17-32)42-35-21-27-38(44-3)28-22-35/h4-29,42H,1-3H3/b8-4+,9-5+. The van der Waals surface area contributed by atoms with Crippen LogP contribution < -0.4 is 15.0 Å². The third-order valence-corrected chi connectivity index (χ3v) is 7.72. The van der Waals surface area contributed by atoms with Gasteiger partial charge in [0.1, 0.15) is 5.75 Å². The van der Waals surface area contributed by atoms with E-state index in [9.17, 15) is 0 Å². The predicted molar refractivity (Wildman–Crippen MR) is 189 cm³/mol. The van der Waals surface area contributed by atoms with Gasteiger partial charge in [0.05, 0.1) is 12.8 Å². The van der Waals surface area contributed by atoms with Crippen molar-refractivity contribution in [2.45, 2.75) is 13.8 Å². The van der Waals surface area contributed by atoms with Gasteiger partial charge in [-0.3, -0.25) is 0 Å². The lowest BCUT2D eigenvalue weighted by Gasteiger charge is -2.27. The van der Waals surface area contributed by atoms with Crippen LogP contribution in [0.5, 0.6) is 5.75 Å². The highest BCUT2D eigenvalue weighted by Gasteiger charge is 2.16. The summed E-state index contributed by atoms with van der Waals surface area (Å²) in [7, 11) is 1.68. The predicted octanol–water partition coefficient (Wildman–Crippen LogP) is 11.4. The van der Waals surface area contributed by atoms with Crippen molar-refractivity contribution in [3.8, 4) is 5.75 Å². The van der Waals surface area contributed by atoms with Crippen LogP contribution in [0.1, 0.15) is 22.3 Å². The lowest BCUT2D eigenvalue weighted by molar-refractivity contribution is 0.415. The van der Waals surface area contributed by atoms with Gasteiger partial charge in [-0.15, -0.1) is 0 Å². The van der Waals surface area contributed by atoms with Crippen molar-refractivity contribution in [2.75, 3.05) is 17.3 Å². The average Bonchev–Trinajstić information content (AvgIpc) is 3.06. The molecule has 6 aromatic carbocycles. The summed E-state index contributed by atoms with van der Waals surface area (Å²) in [4.78, 5) is 2.35. The van der Waals surface area contributed by atoms with Crippen molar-refractivity contribution < 1.29 is 4.74 Å². The molecule has 0 heterocycles. The van der Waals surface area contributed by atoms with Gasteiger partial charge in [0.15, 0.2) is 0 Å². The van der Waals surface area contributed by atoms with Crippen LogP contribution in [0.4, 0.5) is 28.4 Å². The zero-order valence-corrected chi connectivity index (χ0v) is 25.4. The summed E-state index contributed by atoms with van der Waals surface area (Å²) < 4.78 is 5.24. The summed E-state index contributed by atoms with van der Waals surface area (Å²) in [6.07, 6.45) is 8.52. The van der Waals surface area contributed by atoms with E-state index in [1.165, 1.54) is 27.5 Å². The van der Waals surface area contributed by atoms with E-state index < -0.39 is 0 Å². The number of nitrogens with one attached hydrogen (secondary N) is 1. The largest absolute Gasteiger partial charge is 0.497 e. The molecule has 0 amide bonds. The Labute approximate surface area is 260 Å². The first-order chi connectivity index (χ1) is 21.6. The first-order valence-electron chi connectivity index (χ1n) is 14.9. The van der Waals surface area contributed by atoms with E-state index in [1.807, 2.05) is 24.3 Å². The number of nitrogens with zero attached hydrogens (tertiary/aromatic N) is 1. The monoisotopic (exact) mass is 572 g/mol. The number of ether oxygens (including phenoxy) is 1. The molecule has 0 fully saturated rings. The van der Waals surface area contributed by atoms with Crippen LogP contribution in [0.3, 0.4) is 0 Å². The van der Waals surface area contributed by atoms with Crippen LogP contribution in [0.25, 0.3) is 22.9 Å². The molecule has 3 heteroatoms. The average molecular weight is 573 g/mol. The van der Waals surface area contributed by atoms with Crippen molar-refractivity contribution >= 4 is 51.4 Å². The van der Waals surface area contributed by atoms with Gasteiger partial charge in [0.2, 0.25) is 0 Å². The number of fused-ring (bicyclic) bond motifs is 1. The zero-order chi connectivity index (χ0) is 30.3. The van der Waals surface area contributed by atoms with Crippen molar-refractivity contribution in [1.29, 1.82) is 0 Å². The molecule has 0 radical (unpaired) electrons. The van der Waals surface area contributed by atoms with Crippen LogP contribution in [0, 0.1) is 13.8 Å². The Bertz CT molecular complexity index is 1860. The SMILES string of the molecule is COc1ccc(Nc2ccc(/C=C/C=C/c3ccc(N(c4ccc(C)cc4)c4ccc(C)cc4)c4ccccc34)cc2)cc1. The molecule has 6 aromatic rings. The molecule has 0 aliphatic heterocycles. The second kappa shape index (κ2) is 13.2. The molecular weight excluding hydrogens is 536 g/mol. The number of hydrogen-bond donors (Lipinski definition) is 1. The molecule has 0 atom stereocenters. The van der Waals surface area contributed by atoms with E-state index in [-0.39, 0.29) is 0 Å². The fourth-order valence-corrected chi connectivity index (χ4v) is 5.31. The molecule has 0 bridgehead atoms. The highest BCUT2D eigenvalue weighted by molar-refractivity contribution is 6.02. The molecule has 0 aliphatic rings. The first kappa shape index (κ1) is 28.6. The van der Waals surface area contributed by atoms with E-state index in [2.05, 4.69) is 158 Å². The van der Waals surface area contributed by atoms with Crippen LogP contribution in [0.2, 0.25) is 0 Å². The number of hydrogen-bond acceptors (Lipinski definition) is 3. The molecule has 0 unspecified atom stereocenters. The summed E-state index contributed by atoms with van der Waals surface area (Å²) in [5.74, 6) is 0.847. The second-order valence-corrected chi connectivity index (χ2v) is 10.9. The summed E-state index contributed by atoms with van der Waals surface area (Å²) in [5, 5.41) is 5.85. The lowest BCUT2D eigenvalue weighted by atomic mass is 10.0. The molecule has 6 rings (SSSR count). The summed E-state index contributed by atoms with van der Waals surface area (Å²) in [6, 6.07) is 46.9. The van der Waals surface area contributed by atoms with E-state index in [1.54, 1.807) is 7.11 Å². The van der Waals surface area contributed by atoms with Crippen LogP contribution in [0.15, 0.2) is 146 Å². The minimum Gasteiger partial charge on any atom is -0.497 e. The third-order valence-electron chi connectivity index (χ3n) is 7.72. The van der Waals surface area contributed by atoms with Crippen molar-refractivity contribution in [3.63, 3.8) is 0 Å². The maximum atomic E-state index is 5.24. The Morgan fingerprint density at radius 1 is 0.545 bits per heavy atom. The van der Waals surface area contributed by atoms with Gasteiger partial charge in [0.25, 0.3) is 0 Å². The maximum Gasteiger partial charge on any atom is 0.119 e. The van der Waals surface area contributed by atoms with E-state index in [0.29, 0.717) is 0 Å².